The van der Waals surface area contributed by atoms with Gasteiger partial charge in [-0.25, -0.2) is 27.9 Å². The minimum Gasteiger partial charge on any atom is -0.507 e. The van der Waals surface area contributed by atoms with Crippen molar-refractivity contribution in [3.05, 3.63) is 140 Å². The maximum Gasteiger partial charge on any atom is 0.347 e. The van der Waals surface area contributed by atoms with Gasteiger partial charge in [0.1, 0.15) is 11.6 Å². The number of anilines is 1. The van der Waals surface area contributed by atoms with Gasteiger partial charge in [-0.2, -0.15) is 5.01 Å². The standard InChI is InChI=1S/C34H29ClFN5O5/c1-3-5-19-6-4-7-25(29(19)42)28-24-16-17-39-32(45)38(2)33(46)41(39)27(24)18-26-30(43)40(37-23-14-12-22(36)13-15-23)31(44)34(26,28)20-8-10-21(35)11-9-20/h3-4,6-16,26-28,37,42H,1,5,17-18H2,2H3/t26-,27+,28+,34+/m0/s1. The lowest BCUT2D eigenvalue weighted by molar-refractivity contribution is -0.138. The summed E-state index contributed by atoms with van der Waals surface area (Å²) in [5, 5.41) is 13.2. The number of hydrazine groups is 1. The Bertz CT molecular complexity index is 2080. The minimum absolute atomic E-state index is 0.00754. The van der Waals surface area contributed by atoms with Crippen LogP contribution in [0, 0.1) is 11.7 Å². The van der Waals surface area contributed by atoms with Gasteiger partial charge in [0, 0.05) is 23.6 Å². The van der Waals surface area contributed by atoms with Crippen LogP contribution in [-0.4, -0.2) is 35.9 Å². The van der Waals surface area contributed by atoms with E-state index < -0.39 is 52.3 Å². The molecule has 10 nitrogen and oxygen atoms in total. The number of nitrogens with zero attached hydrogens (tertiary/aromatic N) is 4. The minimum atomic E-state index is -1.61. The van der Waals surface area contributed by atoms with E-state index in [4.69, 9.17) is 11.6 Å². The first-order chi connectivity index (χ1) is 22.1. The number of aromatic nitrogens is 3. The Morgan fingerprint density at radius 2 is 1.76 bits per heavy atom. The highest BCUT2D eigenvalue weighted by atomic mass is 35.5. The average molecular weight is 642 g/mol. The van der Waals surface area contributed by atoms with E-state index in [1.54, 1.807) is 48.5 Å². The number of fused-ring (bicyclic) bond motifs is 4. The predicted molar refractivity (Wildman–Crippen MR) is 169 cm³/mol. The molecule has 3 heterocycles. The third-order valence-corrected chi connectivity index (χ3v) is 9.79. The summed E-state index contributed by atoms with van der Waals surface area (Å²) in [4.78, 5) is 56.1. The molecule has 0 bridgehead atoms. The molecule has 234 valence electrons. The molecule has 2 fully saturated rings. The molecule has 0 radical (unpaired) electrons. The van der Waals surface area contributed by atoms with E-state index in [1.807, 2.05) is 6.08 Å². The predicted octanol–water partition coefficient (Wildman–Crippen LogP) is 4.19. The number of imide groups is 1. The van der Waals surface area contributed by atoms with Gasteiger partial charge < -0.3 is 5.11 Å². The van der Waals surface area contributed by atoms with Crippen molar-refractivity contribution in [3.8, 4) is 5.75 Å². The molecule has 2 amide bonds. The molecular formula is C34H29ClFN5O5. The Morgan fingerprint density at radius 3 is 2.46 bits per heavy atom. The Hall–Kier alpha value is -5.16. The van der Waals surface area contributed by atoms with Crippen molar-refractivity contribution in [2.75, 3.05) is 5.43 Å². The smallest absolute Gasteiger partial charge is 0.347 e. The number of hydrogen-bond acceptors (Lipinski definition) is 6. The highest BCUT2D eigenvalue weighted by molar-refractivity contribution is 6.30. The highest BCUT2D eigenvalue weighted by Crippen LogP contribution is 2.63. The molecular weight excluding hydrogens is 613 g/mol. The summed E-state index contributed by atoms with van der Waals surface area (Å²) in [6.45, 7) is 3.85. The maximum absolute atomic E-state index is 15.1. The van der Waals surface area contributed by atoms with Gasteiger partial charge in [0.25, 0.3) is 11.8 Å². The van der Waals surface area contributed by atoms with Crippen molar-refractivity contribution < 1.29 is 19.1 Å². The van der Waals surface area contributed by atoms with Gasteiger partial charge in [-0.1, -0.05) is 54.1 Å². The number of halogens is 2. The summed E-state index contributed by atoms with van der Waals surface area (Å²) in [6, 6.07) is 16.4. The normalized spacial score (nSPS) is 23.4. The third kappa shape index (κ3) is 4.07. The molecule has 7 rings (SSSR count). The number of rotatable bonds is 6. The lowest BCUT2D eigenvalue weighted by atomic mass is 9.53. The first-order valence-corrected chi connectivity index (χ1v) is 15.1. The van der Waals surface area contributed by atoms with Crippen LogP contribution in [0.25, 0.3) is 0 Å². The number of benzene rings is 3. The quantitative estimate of drug-likeness (QED) is 0.241. The van der Waals surface area contributed by atoms with Crippen molar-refractivity contribution in [3.63, 3.8) is 0 Å². The zero-order valence-corrected chi connectivity index (χ0v) is 25.4. The number of para-hydroxylation sites is 1. The van der Waals surface area contributed by atoms with E-state index in [-0.39, 0.29) is 18.7 Å². The molecule has 12 heteroatoms. The number of phenols is 1. The first kappa shape index (κ1) is 29.5. The number of carbonyl (C=O) groups is 2. The van der Waals surface area contributed by atoms with E-state index in [2.05, 4.69) is 12.0 Å². The van der Waals surface area contributed by atoms with Gasteiger partial charge in [0.2, 0.25) is 0 Å². The number of hydrogen-bond donors (Lipinski definition) is 2. The van der Waals surface area contributed by atoms with Crippen LogP contribution in [0.2, 0.25) is 5.02 Å². The SMILES string of the molecule is C=CCc1cccc([C@H]2C3=CCn4c(=O)n(C)c(=O)n4[C@@H]3C[C@H]3C(=O)N(Nc4ccc(F)cc4)C(=O)[C@@]23c2ccc(Cl)cc2)c1O. The first-order valence-electron chi connectivity index (χ1n) is 14.8. The molecule has 4 aromatic rings. The van der Waals surface area contributed by atoms with Crippen molar-refractivity contribution >= 4 is 29.1 Å². The second kappa shape index (κ2) is 10.7. The molecule has 1 saturated carbocycles. The molecule has 46 heavy (non-hydrogen) atoms. The van der Waals surface area contributed by atoms with Crippen molar-refractivity contribution in [1.82, 2.24) is 18.9 Å². The fourth-order valence-corrected chi connectivity index (χ4v) is 7.66. The van der Waals surface area contributed by atoms with E-state index in [1.165, 1.54) is 40.7 Å². The lowest BCUT2D eigenvalue weighted by Gasteiger charge is -2.49. The summed E-state index contributed by atoms with van der Waals surface area (Å²) in [5.41, 5.74) is 2.60. The molecule has 0 spiro atoms. The summed E-state index contributed by atoms with van der Waals surface area (Å²) in [5.74, 6) is -3.71. The number of allylic oxidation sites excluding steroid dienone is 3. The summed E-state index contributed by atoms with van der Waals surface area (Å²) >= 11 is 6.30. The number of carbonyl (C=O) groups excluding carboxylic acids is 2. The highest BCUT2D eigenvalue weighted by Gasteiger charge is 2.69. The van der Waals surface area contributed by atoms with Gasteiger partial charge in [-0.05, 0) is 65.9 Å². The molecule has 2 N–H and O–H groups in total. The molecule has 1 aromatic heterocycles. The van der Waals surface area contributed by atoms with Crippen LogP contribution in [-0.2, 0) is 35.0 Å². The van der Waals surface area contributed by atoms with Crippen molar-refractivity contribution in [2.24, 2.45) is 13.0 Å². The Morgan fingerprint density at radius 1 is 1.04 bits per heavy atom. The van der Waals surface area contributed by atoms with Crippen LogP contribution in [0.1, 0.15) is 35.1 Å². The van der Waals surface area contributed by atoms with Crippen molar-refractivity contribution in [2.45, 2.75) is 36.8 Å². The van der Waals surface area contributed by atoms with Gasteiger partial charge in [-0.15, -0.1) is 6.58 Å². The van der Waals surface area contributed by atoms with Gasteiger partial charge in [-0.3, -0.25) is 15.0 Å². The molecule has 4 atom stereocenters. The van der Waals surface area contributed by atoms with Crippen LogP contribution < -0.4 is 16.8 Å². The lowest BCUT2D eigenvalue weighted by Crippen LogP contribution is -2.53. The number of amides is 2. The fraction of sp³-hybridized carbons (Fsp3) is 0.235. The monoisotopic (exact) mass is 641 g/mol. The average Bonchev–Trinajstić information content (AvgIpc) is 3.40. The number of aromatic hydroxyl groups is 1. The van der Waals surface area contributed by atoms with Gasteiger partial charge in [0.15, 0.2) is 0 Å². The van der Waals surface area contributed by atoms with Crippen LogP contribution >= 0.6 is 11.6 Å². The van der Waals surface area contributed by atoms with E-state index >= 15 is 4.79 Å². The van der Waals surface area contributed by atoms with Gasteiger partial charge in [0.05, 0.1) is 29.6 Å². The largest absolute Gasteiger partial charge is 0.507 e. The molecule has 1 saturated heterocycles. The van der Waals surface area contributed by atoms with Crippen LogP contribution in [0.5, 0.6) is 5.75 Å². The molecule has 0 unspecified atom stereocenters. The van der Waals surface area contributed by atoms with E-state index in [0.717, 1.165) is 9.58 Å². The van der Waals surface area contributed by atoms with E-state index in [9.17, 15) is 23.9 Å². The summed E-state index contributed by atoms with van der Waals surface area (Å²) < 4.78 is 17.4. The van der Waals surface area contributed by atoms with Crippen LogP contribution in [0.3, 0.4) is 0 Å². The summed E-state index contributed by atoms with van der Waals surface area (Å²) in [6.07, 6.45) is 3.82. The summed E-state index contributed by atoms with van der Waals surface area (Å²) in [7, 11) is 1.39. The number of nitrogens with one attached hydrogen (secondary N) is 1. The second-order valence-electron chi connectivity index (χ2n) is 11.8. The van der Waals surface area contributed by atoms with Crippen molar-refractivity contribution in [1.29, 1.82) is 0 Å². The molecule has 3 aromatic carbocycles. The maximum atomic E-state index is 15.1. The fourth-order valence-electron chi connectivity index (χ4n) is 7.53. The van der Waals surface area contributed by atoms with Crippen LogP contribution in [0.4, 0.5) is 10.1 Å². The Kier molecular flexibility index (Phi) is 6.89. The van der Waals surface area contributed by atoms with E-state index in [0.29, 0.717) is 39.4 Å². The van der Waals surface area contributed by atoms with Gasteiger partial charge >= 0.3 is 11.4 Å². The zero-order chi connectivity index (χ0) is 32.5. The molecule has 1 aliphatic carbocycles. The van der Waals surface area contributed by atoms with Crippen LogP contribution in [0.15, 0.2) is 101 Å². The number of phenolic OH excluding ortho intramolecular Hbond substituents is 1. The third-order valence-electron chi connectivity index (χ3n) is 9.54. The Balaban J connectivity index is 1.53. The topological polar surface area (TPSA) is 119 Å². The Labute approximate surface area is 267 Å². The molecule has 2 aliphatic heterocycles. The zero-order valence-electron chi connectivity index (χ0n) is 24.7. The second-order valence-corrected chi connectivity index (χ2v) is 12.2. The molecule has 3 aliphatic rings.